The summed E-state index contributed by atoms with van der Waals surface area (Å²) in [5.74, 6) is 0. The van der Waals surface area contributed by atoms with Crippen molar-refractivity contribution in [1.82, 2.24) is 0 Å². The fraction of sp³-hybridized carbons (Fsp3) is 0.278. The summed E-state index contributed by atoms with van der Waals surface area (Å²) in [5.41, 5.74) is 2.77. The molecule has 0 bridgehead atoms. The molecule has 0 fully saturated rings. The van der Waals surface area contributed by atoms with Crippen LogP contribution < -0.4 is 5.32 Å². The largest absolute Gasteiger partial charge is 0.444 e. The zero-order chi connectivity index (χ0) is 15.7. The van der Waals surface area contributed by atoms with E-state index >= 15 is 0 Å². The van der Waals surface area contributed by atoms with Gasteiger partial charge in [0.15, 0.2) is 0 Å². The number of hydrogen-bond acceptors (Lipinski definition) is 3. The van der Waals surface area contributed by atoms with Crippen molar-refractivity contribution in [3.05, 3.63) is 53.6 Å². The lowest BCUT2D eigenvalue weighted by molar-refractivity contribution is 0.0635. The lowest BCUT2D eigenvalue weighted by Crippen LogP contribution is -2.27. The van der Waals surface area contributed by atoms with E-state index in [0.29, 0.717) is 0 Å². The van der Waals surface area contributed by atoms with E-state index in [4.69, 9.17) is 4.74 Å². The molecule has 0 atom stereocenters. The maximum absolute atomic E-state index is 12.0. The Morgan fingerprint density at radius 1 is 1.09 bits per heavy atom. The number of amides is 1. The second-order valence-corrected chi connectivity index (χ2v) is 7.38. The second-order valence-electron chi connectivity index (χ2n) is 6.30. The minimum atomic E-state index is -0.500. The molecule has 2 aromatic rings. The van der Waals surface area contributed by atoms with E-state index in [1.165, 1.54) is 15.4 Å². The molecule has 0 saturated heterocycles. The van der Waals surface area contributed by atoms with Crippen molar-refractivity contribution in [3.63, 3.8) is 0 Å². The quantitative estimate of drug-likeness (QED) is 0.680. The Labute approximate surface area is 135 Å². The van der Waals surface area contributed by atoms with Crippen LogP contribution in [0.4, 0.5) is 10.5 Å². The molecule has 2 aromatic carbocycles. The van der Waals surface area contributed by atoms with Crippen LogP contribution in [-0.4, -0.2) is 11.7 Å². The number of carbonyl (C=O) groups is 1. The molecule has 1 amide bonds. The van der Waals surface area contributed by atoms with Gasteiger partial charge in [0.05, 0.1) is 0 Å². The number of benzene rings is 2. The molecule has 1 aliphatic heterocycles. The first-order valence-electron chi connectivity index (χ1n) is 7.30. The van der Waals surface area contributed by atoms with Crippen molar-refractivity contribution >= 4 is 23.5 Å². The van der Waals surface area contributed by atoms with Crippen LogP contribution in [0.5, 0.6) is 0 Å². The van der Waals surface area contributed by atoms with E-state index in [1.54, 1.807) is 11.8 Å². The zero-order valence-corrected chi connectivity index (χ0v) is 13.8. The molecule has 0 unspecified atom stereocenters. The van der Waals surface area contributed by atoms with Gasteiger partial charge in [0.1, 0.15) is 5.60 Å². The molecule has 0 aromatic heterocycles. The van der Waals surface area contributed by atoms with Gasteiger partial charge in [-0.25, -0.2) is 4.79 Å². The van der Waals surface area contributed by atoms with Crippen LogP contribution in [0.1, 0.15) is 31.9 Å². The molecule has 1 N–H and O–H groups in total. The monoisotopic (exact) mass is 313 g/mol. The summed E-state index contributed by atoms with van der Waals surface area (Å²) in [6.07, 6.45) is 0.412. The second kappa shape index (κ2) is 5.69. The van der Waals surface area contributed by atoms with Gasteiger partial charge in [-0.05, 0) is 50.1 Å². The fourth-order valence-electron chi connectivity index (χ4n) is 2.43. The summed E-state index contributed by atoms with van der Waals surface area (Å²) in [6, 6.07) is 14.4. The highest BCUT2D eigenvalue weighted by Gasteiger charge is 2.21. The molecule has 1 heterocycles. The summed E-state index contributed by atoms with van der Waals surface area (Å²) in [4.78, 5) is 14.5. The van der Waals surface area contributed by atoms with Gasteiger partial charge in [0.2, 0.25) is 0 Å². The van der Waals surface area contributed by atoms with Crippen molar-refractivity contribution in [2.45, 2.75) is 42.6 Å². The minimum Gasteiger partial charge on any atom is -0.444 e. The predicted octanol–water partition coefficient (Wildman–Crippen LogP) is 5.09. The molecule has 3 nitrogen and oxygen atoms in total. The molecule has 0 aliphatic carbocycles. The van der Waals surface area contributed by atoms with Crippen molar-refractivity contribution in [2.75, 3.05) is 5.32 Å². The lowest BCUT2D eigenvalue weighted by Gasteiger charge is -2.23. The highest BCUT2D eigenvalue weighted by Crippen LogP contribution is 2.42. The van der Waals surface area contributed by atoms with Crippen LogP contribution in [-0.2, 0) is 11.2 Å². The Balaban J connectivity index is 1.86. The van der Waals surface area contributed by atoms with Crippen LogP contribution in [0.15, 0.2) is 52.3 Å². The highest BCUT2D eigenvalue weighted by molar-refractivity contribution is 7.99. The number of ether oxygens (including phenoxy) is 1. The number of carbonyl (C=O) groups excluding carboxylic acids is 1. The van der Waals surface area contributed by atoms with Crippen LogP contribution in [0.2, 0.25) is 0 Å². The van der Waals surface area contributed by atoms with Gasteiger partial charge in [-0.1, -0.05) is 36.0 Å². The molecule has 0 saturated carbocycles. The molecule has 114 valence electrons. The summed E-state index contributed by atoms with van der Waals surface area (Å²) in [5, 5.41) is 2.88. The van der Waals surface area contributed by atoms with Crippen molar-refractivity contribution in [2.24, 2.45) is 0 Å². The first-order valence-corrected chi connectivity index (χ1v) is 8.12. The van der Waals surface area contributed by atoms with Gasteiger partial charge in [-0.3, -0.25) is 5.32 Å². The van der Waals surface area contributed by atoms with E-state index in [9.17, 15) is 4.79 Å². The Morgan fingerprint density at radius 3 is 2.59 bits per heavy atom. The number of fused-ring (bicyclic) bond motifs is 2. The third-order valence-corrected chi connectivity index (χ3v) is 4.55. The zero-order valence-electron chi connectivity index (χ0n) is 13.0. The minimum absolute atomic E-state index is 0.412. The lowest BCUT2D eigenvalue weighted by atomic mass is 10.0. The number of rotatable bonds is 1. The van der Waals surface area contributed by atoms with Crippen molar-refractivity contribution in [1.29, 1.82) is 0 Å². The Morgan fingerprint density at radius 2 is 1.82 bits per heavy atom. The standard InChI is InChI=1S/C18H19NO2S/c1-18(2,3)21-17(20)19-14-8-6-10-16-13(14)11-12-7-4-5-9-15(12)22-16/h4-10H,11H2,1-3H3,(H,19,20). The van der Waals surface area contributed by atoms with Crippen molar-refractivity contribution < 1.29 is 9.53 Å². The van der Waals surface area contributed by atoms with Crippen molar-refractivity contribution in [3.8, 4) is 0 Å². The molecule has 4 heteroatoms. The van der Waals surface area contributed by atoms with E-state index in [0.717, 1.165) is 17.7 Å². The number of hydrogen-bond donors (Lipinski definition) is 1. The molecular weight excluding hydrogens is 294 g/mol. The fourth-order valence-corrected chi connectivity index (χ4v) is 3.54. The van der Waals surface area contributed by atoms with Gasteiger partial charge in [0, 0.05) is 21.9 Å². The molecular formula is C18H19NO2S. The first-order chi connectivity index (χ1) is 10.4. The smallest absolute Gasteiger partial charge is 0.412 e. The molecule has 3 rings (SSSR count). The summed E-state index contributed by atoms with van der Waals surface area (Å²) >= 11 is 1.74. The van der Waals surface area contributed by atoms with Gasteiger partial charge >= 0.3 is 6.09 Å². The van der Waals surface area contributed by atoms with Crippen LogP contribution >= 0.6 is 11.8 Å². The van der Waals surface area contributed by atoms with Gasteiger partial charge < -0.3 is 4.74 Å². The van der Waals surface area contributed by atoms with E-state index in [1.807, 2.05) is 39.0 Å². The maximum atomic E-state index is 12.0. The topological polar surface area (TPSA) is 38.3 Å². The van der Waals surface area contributed by atoms with Crippen LogP contribution in [0.25, 0.3) is 0 Å². The molecule has 1 aliphatic rings. The van der Waals surface area contributed by atoms with Gasteiger partial charge in [-0.15, -0.1) is 0 Å². The van der Waals surface area contributed by atoms with Crippen LogP contribution in [0.3, 0.4) is 0 Å². The van der Waals surface area contributed by atoms with E-state index in [2.05, 4.69) is 29.6 Å². The summed E-state index contributed by atoms with van der Waals surface area (Å²) in [7, 11) is 0. The first kappa shape index (κ1) is 15.0. The van der Waals surface area contributed by atoms with Gasteiger partial charge in [-0.2, -0.15) is 0 Å². The highest BCUT2D eigenvalue weighted by atomic mass is 32.2. The SMILES string of the molecule is CC(C)(C)OC(=O)Nc1cccc2c1Cc1ccccc1S2. The van der Waals surface area contributed by atoms with E-state index in [-0.39, 0.29) is 0 Å². The molecule has 0 radical (unpaired) electrons. The summed E-state index contributed by atoms with van der Waals surface area (Å²) in [6.45, 7) is 5.58. The third kappa shape index (κ3) is 3.28. The van der Waals surface area contributed by atoms with Crippen LogP contribution in [0, 0.1) is 0 Å². The van der Waals surface area contributed by atoms with E-state index < -0.39 is 11.7 Å². The third-order valence-electron chi connectivity index (χ3n) is 3.33. The maximum Gasteiger partial charge on any atom is 0.412 e. The average molecular weight is 313 g/mol. The van der Waals surface area contributed by atoms with Gasteiger partial charge in [0.25, 0.3) is 0 Å². The normalized spacial score (nSPS) is 13.0. The molecule has 0 spiro atoms. The Kier molecular flexibility index (Phi) is 3.87. The molecule has 22 heavy (non-hydrogen) atoms. The predicted molar refractivity (Wildman–Crippen MR) is 89.7 cm³/mol. The average Bonchev–Trinajstić information content (AvgIpc) is 2.43. The summed E-state index contributed by atoms with van der Waals surface area (Å²) < 4.78 is 5.35. The number of nitrogens with one attached hydrogen (secondary N) is 1. The Bertz CT molecular complexity index is 719. The number of anilines is 1. The Hall–Kier alpha value is -1.94.